The van der Waals surface area contributed by atoms with Crippen molar-refractivity contribution >= 4 is 0 Å². The minimum absolute atomic E-state index is 0.0842. The van der Waals surface area contributed by atoms with Crippen molar-refractivity contribution in [3.8, 4) is 0 Å². The highest BCUT2D eigenvalue weighted by atomic mass is 16.3. The van der Waals surface area contributed by atoms with Crippen LogP contribution in [0.2, 0.25) is 0 Å². The summed E-state index contributed by atoms with van der Waals surface area (Å²) in [5.41, 5.74) is 0.371. The van der Waals surface area contributed by atoms with E-state index in [-0.39, 0.29) is 6.10 Å². The number of aliphatic hydroxyl groups excluding tert-OH is 1. The molecular weight excluding hydrogens is 174 g/mol. The van der Waals surface area contributed by atoms with E-state index in [1.54, 1.807) is 0 Å². The van der Waals surface area contributed by atoms with Crippen molar-refractivity contribution < 1.29 is 5.11 Å². The van der Waals surface area contributed by atoms with E-state index in [1.807, 2.05) is 0 Å². The average molecular weight is 197 g/mol. The van der Waals surface area contributed by atoms with Crippen LogP contribution in [0.25, 0.3) is 0 Å². The standard InChI is InChI=1S/C12H23NO/c1-2-12(8-3-4-9-12)13-10-6-5-7-11(10)14/h10-11,13-14H,2-9H2,1H3/t10-,11-/m1/s1. The molecule has 2 aliphatic rings. The van der Waals surface area contributed by atoms with Gasteiger partial charge in [0.15, 0.2) is 0 Å². The quantitative estimate of drug-likeness (QED) is 0.727. The number of nitrogens with one attached hydrogen (secondary N) is 1. The van der Waals surface area contributed by atoms with E-state index in [2.05, 4.69) is 12.2 Å². The molecule has 0 spiro atoms. The van der Waals surface area contributed by atoms with Crippen molar-refractivity contribution in [1.29, 1.82) is 0 Å². The first-order valence-electron chi connectivity index (χ1n) is 6.21. The molecule has 82 valence electrons. The van der Waals surface area contributed by atoms with Gasteiger partial charge in [0.25, 0.3) is 0 Å². The van der Waals surface area contributed by atoms with Crippen LogP contribution in [0.3, 0.4) is 0 Å². The third kappa shape index (κ3) is 1.96. The van der Waals surface area contributed by atoms with Gasteiger partial charge in [-0.15, -0.1) is 0 Å². The fourth-order valence-corrected chi connectivity index (χ4v) is 3.15. The highest BCUT2D eigenvalue weighted by molar-refractivity contribution is 4.96. The van der Waals surface area contributed by atoms with Crippen molar-refractivity contribution in [3.05, 3.63) is 0 Å². The molecule has 0 aromatic rings. The summed E-state index contributed by atoms with van der Waals surface area (Å²) in [4.78, 5) is 0. The molecule has 2 heteroatoms. The zero-order chi connectivity index (χ0) is 10.0. The molecule has 2 rings (SSSR count). The largest absolute Gasteiger partial charge is 0.392 e. The van der Waals surface area contributed by atoms with Crippen molar-refractivity contribution in [2.24, 2.45) is 0 Å². The molecule has 2 fully saturated rings. The second-order valence-electron chi connectivity index (χ2n) is 5.09. The summed E-state index contributed by atoms with van der Waals surface area (Å²) in [6, 6.07) is 0.382. The van der Waals surface area contributed by atoms with Crippen LogP contribution in [-0.4, -0.2) is 22.8 Å². The lowest BCUT2D eigenvalue weighted by atomic mass is 9.92. The number of aliphatic hydroxyl groups is 1. The summed E-state index contributed by atoms with van der Waals surface area (Å²) >= 11 is 0. The van der Waals surface area contributed by atoms with Gasteiger partial charge in [-0.05, 0) is 38.5 Å². The first kappa shape index (κ1) is 10.4. The summed E-state index contributed by atoms with van der Waals surface area (Å²) in [5, 5.41) is 13.5. The summed E-state index contributed by atoms with van der Waals surface area (Å²) in [6.07, 6.45) is 9.85. The first-order valence-corrected chi connectivity index (χ1v) is 6.21. The molecule has 2 aliphatic carbocycles. The molecule has 0 radical (unpaired) electrons. The molecule has 0 aromatic carbocycles. The second-order valence-corrected chi connectivity index (χ2v) is 5.09. The Morgan fingerprint density at radius 2 is 1.93 bits per heavy atom. The van der Waals surface area contributed by atoms with Gasteiger partial charge < -0.3 is 10.4 Å². The van der Waals surface area contributed by atoms with Crippen molar-refractivity contribution in [2.45, 2.75) is 76.0 Å². The van der Waals surface area contributed by atoms with Gasteiger partial charge in [-0.3, -0.25) is 0 Å². The van der Waals surface area contributed by atoms with E-state index in [0.717, 1.165) is 6.42 Å². The minimum Gasteiger partial charge on any atom is -0.392 e. The number of rotatable bonds is 3. The van der Waals surface area contributed by atoms with E-state index in [4.69, 9.17) is 0 Å². The van der Waals surface area contributed by atoms with Gasteiger partial charge in [-0.25, -0.2) is 0 Å². The number of hydrogen-bond donors (Lipinski definition) is 2. The lowest BCUT2D eigenvalue weighted by molar-refractivity contribution is 0.125. The Morgan fingerprint density at radius 1 is 1.21 bits per heavy atom. The molecule has 2 saturated carbocycles. The fraction of sp³-hybridized carbons (Fsp3) is 1.00. The van der Waals surface area contributed by atoms with Crippen molar-refractivity contribution in [1.82, 2.24) is 5.32 Å². The van der Waals surface area contributed by atoms with Gasteiger partial charge in [0, 0.05) is 11.6 Å². The van der Waals surface area contributed by atoms with Crippen LogP contribution in [0, 0.1) is 0 Å². The maximum atomic E-state index is 9.80. The summed E-state index contributed by atoms with van der Waals surface area (Å²) in [7, 11) is 0. The predicted octanol–water partition coefficient (Wildman–Crippen LogP) is 2.21. The van der Waals surface area contributed by atoms with Gasteiger partial charge >= 0.3 is 0 Å². The third-order valence-electron chi connectivity index (χ3n) is 4.21. The van der Waals surface area contributed by atoms with E-state index in [1.165, 1.54) is 44.9 Å². The Hall–Kier alpha value is -0.0800. The highest BCUT2D eigenvalue weighted by Gasteiger charge is 2.36. The zero-order valence-corrected chi connectivity index (χ0v) is 9.26. The lowest BCUT2D eigenvalue weighted by Crippen LogP contribution is -2.50. The van der Waals surface area contributed by atoms with E-state index >= 15 is 0 Å². The van der Waals surface area contributed by atoms with E-state index in [0.29, 0.717) is 11.6 Å². The molecule has 0 amide bonds. The highest BCUT2D eigenvalue weighted by Crippen LogP contribution is 2.34. The molecule has 2 nitrogen and oxygen atoms in total. The molecule has 0 saturated heterocycles. The maximum Gasteiger partial charge on any atom is 0.0693 e. The monoisotopic (exact) mass is 197 g/mol. The topological polar surface area (TPSA) is 32.3 Å². The number of hydrogen-bond acceptors (Lipinski definition) is 2. The normalized spacial score (nSPS) is 36.4. The smallest absolute Gasteiger partial charge is 0.0693 e. The van der Waals surface area contributed by atoms with Crippen LogP contribution in [-0.2, 0) is 0 Å². The van der Waals surface area contributed by atoms with Gasteiger partial charge in [0.2, 0.25) is 0 Å². The molecule has 0 heterocycles. The Bertz CT molecular complexity index is 187. The van der Waals surface area contributed by atoms with Crippen LogP contribution in [0.4, 0.5) is 0 Å². The van der Waals surface area contributed by atoms with Crippen LogP contribution >= 0.6 is 0 Å². The Balaban J connectivity index is 1.93. The molecule has 0 unspecified atom stereocenters. The third-order valence-corrected chi connectivity index (χ3v) is 4.21. The second kappa shape index (κ2) is 4.19. The van der Waals surface area contributed by atoms with Crippen molar-refractivity contribution in [3.63, 3.8) is 0 Å². The molecule has 14 heavy (non-hydrogen) atoms. The molecule has 0 aliphatic heterocycles. The summed E-state index contributed by atoms with van der Waals surface area (Å²) in [6.45, 7) is 2.28. The van der Waals surface area contributed by atoms with Gasteiger partial charge in [0.1, 0.15) is 0 Å². The predicted molar refractivity (Wildman–Crippen MR) is 58.3 cm³/mol. The van der Waals surface area contributed by atoms with Crippen LogP contribution in [0.1, 0.15) is 58.3 Å². The lowest BCUT2D eigenvalue weighted by Gasteiger charge is -2.34. The summed E-state index contributed by atoms with van der Waals surface area (Å²) < 4.78 is 0. The molecule has 0 aromatic heterocycles. The summed E-state index contributed by atoms with van der Waals surface area (Å²) in [5.74, 6) is 0. The molecule has 2 N–H and O–H groups in total. The van der Waals surface area contributed by atoms with Crippen LogP contribution < -0.4 is 5.32 Å². The van der Waals surface area contributed by atoms with Crippen molar-refractivity contribution in [2.75, 3.05) is 0 Å². The van der Waals surface area contributed by atoms with Gasteiger partial charge in [0.05, 0.1) is 6.10 Å². The SMILES string of the molecule is CCC1(N[C@@H]2CCC[C@H]2O)CCCC1. The Morgan fingerprint density at radius 3 is 2.43 bits per heavy atom. The zero-order valence-electron chi connectivity index (χ0n) is 9.26. The van der Waals surface area contributed by atoms with Crippen LogP contribution in [0.15, 0.2) is 0 Å². The Labute approximate surface area is 87.1 Å². The molecule has 0 bridgehead atoms. The van der Waals surface area contributed by atoms with Crippen LogP contribution in [0.5, 0.6) is 0 Å². The fourth-order valence-electron chi connectivity index (χ4n) is 3.15. The minimum atomic E-state index is -0.0842. The first-order chi connectivity index (χ1) is 6.76. The average Bonchev–Trinajstić information content (AvgIpc) is 2.79. The van der Waals surface area contributed by atoms with Gasteiger partial charge in [-0.2, -0.15) is 0 Å². The Kier molecular flexibility index (Phi) is 3.13. The van der Waals surface area contributed by atoms with E-state index < -0.39 is 0 Å². The van der Waals surface area contributed by atoms with E-state index in [9.17, 15) is 5.11 Å². The maximum absolute atomic E-state index is 9.80. The molecular formula is C12H23NO. The molecule has 2 atom stereocenters. The van der Waals surface area contributed by atoms with Gasteiger partial charge in [-0.1, -0.05) is 19.8 Å².